The molecular formula is C23H22N4O3S. The number of nitrogens with zero attached hydrogens (tertiary/aromatic N) is 3. The van der Waals surface area contributed by atoms with Crippen molar-refractivity contribution in [2.24, 2.45) is 0 Å². The molecule has 4 aromatic rings. The van der Waals surface area contributed by atoms with Crippen LogP contribution in [0.2, 0.25) is 0 Å². The number of methoxy groups -OCH3 is 2. The zero-order chi connectivity index (χ0) is 22.0. The van der Waals surface area contributed by atoms with Crippen molar-refractivity contribution in [2.45, 2.75) is 13.8 Å². The summed E-state index contributed by atoms with van der Waals surface area (Å²) in [5.74, 6) is 1.17. The van der Waals surface area contributed by atoms with Crippen LogP contribution in [0.25, 0.3) is 22.3 Å². The molecule has 0 radical (unpaired) electrons. The molecule has 2 heterocycles. The highest BCUT2D eigenvalue weighted by Gasteiger charge is 2.14. The SMILES string of the molecule is COc1ccc(/C=C/C(=O)Nc2nc3scc(-c4ccc(C)cc4C)n3n2)cc1OC. The molecule has 0 saturated carbocycles. The van der Waals surface area contributed by atoms with Crippen LogP contribution < -0.4 is 14.8 Å². The molecule has 0 unspecified atom stereocenters. The number of fused-ring (bicyclic) bond motifs is 1. The topological polar surface area (TPSA) is 77.8 Å². The van der Waals surface area contributed by atoms with Crippen molar-refractivity contribution in [3.63, 3.8) is 0 Å². The van der Waals surface area contributed by atoms with Gasteiger partial charge in [-0.15, -0.1) is 16.4 Å². The van der Waals surface area contributed by atoms with Crippen LogP contribution in [-0.2, 0) is 4.79 Å². The maximum Gasteiger partial charge on any atom is 0.250 e. The molecule has 7 nitrogen and oxygen atoms in total. The minimum atomic E-state index is -0.318. The van der Waals surface area contributed by atoms with Gasteiger partial charge in [0, 0.05) is 17.0 Å². The largest absolute Gasteiger partial charge is 0.493 e. The van der Waals surface area contributed by atoms with Gasteiger partial charge in [0.05, 0.1) is 19.9 Å². The molecule has 0 bridgehead atoms. The van der Waals surface area contributed by atoms with Crippen LogP contribution >= 0.6 is 11.3 Å². The van der Waals surface area contributed by atoms with Crippen LogP contribution in [0.3, 0.4) is 0 Å². The number of nitrogens with one attached hydrogen (secondary N) is 1. The molecule has 4 rings (SSSR count). The number of hydrogen-bond acceptors (Lipinski definition) is 6. The second kappa shape index (κ2) is 8.61. The summed E-state index contributed by atoms with van der Waals surface area (Å²) < 4.78 is 12.3. The van der Waals surface area contributed by atoms with E-state index in [4.69, 9.17) is 9.47 Å². The number of carbonyl (C=O) groups is 1. The van der Waals surface area contributed by atoms with Gasteiger partial charge in [0.15, 0.2) is 11.5 Å². The summed E-state index contributed by atoms with van der Waals surface area (Å²) in [6.45, 7) is 4.14. The second-order valence-electron chi connectivity index (χ2n) is 7.01. The van der Waals surface area contributed by atoms with E-state index < -0.39 is 0 Å². The molecule has 31 heavy (non-hydrogen) atoms. The van der Waals surface area contributed by atoms with Crippen molar-refractivity contribution in [3.8, 4) is 22.8 Å². The highest BCUT2D eigenvalue weighted by molar-refractivity contribution is 7.15. The van der Waals surface area contributed by atoms with E-state index in [1.807, 2.05) is 11.4 Å². The van der Waals surface area contributed by atoms with Crippen LogP contribution in [0.15, 0.2) is 47.9 Å². The first kappa shape index (κ1) is 20.6. The standard InChI is InChI=1S/C23H22N4O3S/c1-14-5-8-17(15(2)11-14)18-13-31-23-25-22(26-27(18)23)24-21(28)10-7-16-6-9-19(29-3)20(12-16)30-4/h5-13H,1-4H3,(H,24,26,28)/b10-7+. The summed E-state index contributed by atoms with van der Waals surface area (Å²) >= 11 is 1.48. The molecular weight excluding hydrogens is 412 g/mol. The lowest BCUT2D eigenvalue weighted by atomic mass is 10.0. The number of aromatic nitrogens is 3. The molecule has 0 aliphatic rings. The maximum atomic E-state index is 12.4. The van der Waals surface area contributed by atoms with Gasteiger partial charge >= 0.3 is 0 Å². The second-order valence-corrected chi connectivity index (χ2v) is 7.84. The molecule has 2 aromatic carbocycles. The fraction of sp³-hybridized carbons (Fsp3) is 0.174. The molecule has 8 heteroatoms. The Labute approximate surface area is 184 Å². The highest BCUT2D eigenvalue weighted by atomic mass is 32.1. The lowest BCUT2D eigenvalue weighted by Gasteiger charge is -2.07. The average Bonchev–Trinajstić information content (AvgIpc) is 3.32. The number of anilines is 1. The van der Waals surface area contributed by atoms with Crippen molar-refractivity contribution >= 4 is 34.2 Å². The molecule has 0 fully saturated rings. The summed E-state index contributed by atoms with van der Waals surface area (Å²) in [4.78, 5) is 17.5. The van der Waals surface area contributed by atoms with Crippen LogP contribution in [0.4, 0.5) is 5.95 Å². The van der Waals surface area contributed by atoms with Gasteiger partial charge in [-0.3, -0.25) is 10.1 Å². The first-order valence-corrected chi connectivity index (χ1v) is 10.5. The molecule has 0 aliphatic heterocycles. The third-order valence-electron chi connectivity index (χ3n) is 4.81. The number of hydrogen-bond donors (Lipinski definition) is 1. The Morgan fingerprint density at radius 2 is 1.90 bits per heavy atom. The molecule has 158 valence electrons. The highest BCUT2D eigenvalue weighted by Crippen LogP contribution is 2.29. The van der Waals surface area contributed by atoms with Crippen molar-refractivity contribution in [2.75, 3.05) is 19.5 Å². The van der Waals surface area contributed by atoms with Gasteiger partial charge in [-0.25, -0.2) is 4.52 Å². The first-order chi connectivity index (χ1) is 15.0. The molecule has 0 atom stereocenters. The summed E-state index contributed by atoms with van der Waals surface area (Å²) in [6, 6.07) is 11.7. The van der Waals surface area contributed by atoms with E-state index in [9.17, 15) is 4.79 Å². The van der Waals surface area contributed by atoms with Crippen molar-refractivity contribution < 1.29 is 14.3 Å². The summed E-state index contributed by atoms with van der Waals surface area (Å²) in [5.41, 5.74) is 5.22. The Morgan fingerprint density at radius 1 is 1.10 bits per heavy atom. The molecule has 2 aromatic heterocycles. The molecule has 0 aliphatic carbocycles. The fourth-order valence-electron chi connectivity index (χ4n) is 3.30. The summed E-state index contributed by atoms with van der Waals surface area (Å²) in [7, 11) is 3.15. The van der Waals surface area contributed by atoms with Crippen molar-refractivity contribution in [1.29, 1.82) is 0 Å². The van der Waals surface area contributed by atoms with Crippen LogP contribution in [0.5, 0.6) is 11.5 Å². The smallest absolute Gasteiger partial charge is 0.250 e. The minimum absolute atomic E-state index is 0.264. The maximum absolute atomic E-state index is 12.4. The number of rotatable bonds is 6. The zero-order valence-corrected chi connectivity index (χ0v) is 18.5. The zero-order valence-electron chi connectivity index (χ0n) is 17.7. The Hall–Kier alpha value is -3.65. The van der Waals surface area contributed by atoms with Gasteiger partial charge < -0.3 is 9.47 Å². The predicted molar refractivity (Wildman–Crippen MR) is 123 cm³/mol. The van der Waals surface area contributed by atoms with Gasteiger partial charge in [0.2, 0.25) is 4.96 Å². The predicted octanol–water partition coefficient (Wildman–Crippen LogP) is 4.74. The molecule has 1 amide bonds. The van der Waals surface area contributed by atoms with E-state index in [0.717, 1.165) is 16.8 Å². The summed E-state index contributed by atoms with van der Waals surface area (Å²) in [6.07, 6.45) is 3.12. The van der Waals surface area contributed by atoms with Crippen LogP contribution in [-0.4, -0.2) is 34.7 Å². The molecule has 1 N–H and O–H groups in total. The minimum Gasteiger partial charge on any atom is -0.493 e. The third kappa shape index (κ3) is 4.29. The van der Waals surface area contributed by atoms with Crippen LogP contribution in [0, 0.1) is 13.8 Å². The fourth-order valence-corrected chi connectivity index (χ4v) is 4.12. The number of benzene rings is 2. The van der Waals surface area contributed by atoms with Gasteiger partial charge in [-0.1, -0.05) is 29.8 Å². The number of carbonyl (C=O) groups excluding carboxylic acids is 1. The third-order valence-corrected chi connectivity index (χ3v) is 5.63. The lowest BCUT2D eigenvalue weighted by molar-refractivity contribution is -0.111. The van der Waals surface area contributed by atoms with E-state index in [1.165, 1.54) is 28.5 Å². The Bertz CT molecular complexity index is 1290. The van der Waals surface area contributed by atoms with E-state index >= 15 is 0 Å². The van der Waals surface area contributed by atoms with Gasteiger partial charge in [0.25, 0.3) is 11.9 Å². The lowest BCUT2D eigenvalue weighted by Crippen LogP contribution is -2.09. The monoisotopic (exact) mass is 434 g/mol. The number of amides is 1. The first-order valence-electron chi connectivity index (χ1n) is 9.61. The van der Waals surface area contributed by atoms with Crippen LogP contribution in [0.1, 0.15) is 16.7 Å². The normalized spacial score (nSPS) is 11.2. The Balaban J connectivity index is 1.52. The Morgan fingerprint density at radius 3 is 2.65 bits per heavy atom. The van der Waals surface area contributed by atoms with E-state index in [-0.39, 0.29) is 11.9 Å². The van der Waals surface area contributed by atoms with E-state index in [0.29, 0.717) is 16.5 Å². The van der Waals surface area contributed by atoms with Gasteiger partial charge in [-0.2, -0.15) is 4.98 Å². The van der Waals surface area contributed by atoms with E-state index in [2.05, 4.69) is 47.4 Å². The molecule has 0 spiro atoms. The quantitative estimate of drug-likeness (QED) is 0.444. The van der Waals surface area contributed by atoms with E-state index in [1.54, 1.807) is 36.9 Å². The average molecular weight is 435 g/mol. The van der Waals surface area contributed by atoms with Crippen molar-refractivity contribution in [1.82, 2.24) is 14.6 Å². The number of thiazole rings is 1. The van der Waals surface area contributed by atoms with Gasteiger partial charge in [-0.05, 0) is 43.2 Å². The number of ether oxygens (including phenoxy) is 2. The summed E-state index contributed by atoms with van der Waals surface area (Å²) in [5, 5.41) is 9.22. The molecule has 0 saturated heterocycles. The van der Waals surface area contributed by atoms with Crippen molar-refractivity contribution in [3.05, 3.63) is 64.5 Å². The van der Waals surface area contributed by atoms with Gasteiger partial charge in [0.1, 0.15) is 0 Å². The Kier molecular flexibility index (Phi) is 5.73. The number of aryl methyl sites for hydroxylation is 2.